The van der Waals surface area contributed by atoms with Crippen molar-refractivity contribution in [2.24, 2.45) is 0 Å². The molecule has 1 N–H and O–H groups in total. The van der Waals surface area contributed by atoms with Crippen LogP contribution in [0.4, 0.5) is 4.39 Å². The minimum atomic E-state index is -0.0515. The topological polar surface area (TPSA) is 12.0 Å². The zero-order valence-corrected chi connectivity index (χ0v) is 13.2. The smallest absolute Gasteiger partial charge is 0.126 e. The molecule has 0 radical (unpaired) electrons. The fourth-order valence-electron chi connectivity index (χ4n) is 3.00. The van der Waals surface area contributed by atoms with E-state index in [4.69, 9.17) is 0 Å². The van der Waals surface area contributed by atoms with Crippen LogP contribution < -0.4 is 5.32 Å². The first-order chi connectivity index (χ1) is 9.20. The lowest BCUT2D eigenvalue weighted by Gasteiger charge is -2.22. The first kappa shape index (κ1) is 15.0. The summed E-state index contributed by atoms with van der Waals surface area (Å²) in [6.45, 7) is 3.26. The summed E-state index contributed by atoms with van der Waals surface area (Å²) in [4.78, 5) is 0. The molecule has 19 heavy (non-hydrogen) atoms. The highest BCUT2D eigenvalue weighted by atomic mass is 79.9. The molecular formula is C16H23BrFN. The van der Waals surface area contributed by atoms with Crippen LogP contribution in [0.2, 0.25) is 0 Å². The van der Waals surface area contributed by atoms with Crippen molar-refractivity contribution in [1.29, 1.82) is 0 Å². The highest BCUT2D eigenvalue weighted by molar-refractivity contribution is 9.10. The Labute approximate surface area is 124 Å². The molecule has 1 aromatic rings. The number of hydrogen-bond donors (Lipinski definition) is 1. The highest BCUT2D eigenvalue weighted by Crippen LogP contribution is 2.34. The van der Waals surface area contributed by atoms with Gasteiger partial charge < -0.3 is 5.32 Å². The molecule has 2 rings (SSSR count). The molecule has 2 atom stereocenters. The van der Waals surface area contributed by atoms with Crippen molar-refractivity contribution in [3.05, 3.63) is 34.1 Å². The second-order valence-corrected chi connectivity index (χ2v) is 6.45. The molecular weight excluding hydrogens is 305 g/mol. The number of benzene rings is 1. The van der Waals surface area contributed by atoms with Crippen molar-refractivity contribution in [2.75, 3.05) is 6.54 Å². The van der Waals surface area contributed by atoms with Gasteiger partial charge in [0.15, 0.2) is 0 Å². The zero-order valence-electron chi connectivity index (χ0n) is 11.6. The van der Waals surface area contributed by atoms with Gasteiger partial charge in [-0.25, -0.2) is 4.39 Å². The second kappa shape index (κ2) is 7.39. The van der Waals surface area contributed by atoms with Gasteiger partial charge in [-0.3, -0.25) is 0 Å². The fourth-order valence-corrected chi connectivity index (χ4v) is 3.38. The van der Waals surface area contributed by atoms with Crippen LogP contribution in [-0.2, 0) is 0 Å². The van der Waals surface area contributed by atoms with Gasteiger partial charge in [-0.2, -0.15) is 0 Å². The van der Waals surface area contributed by atoms with Gasteiger partial charge in [-0.1, -0.05) is 35.7 Å². The SMILES string of the molecule is CCCNC1CCCCC(c2cc(Br)ccc2F)C1. The van der Waals surface area contributed by atoms with Gasteiger partial charge in [-0.15, -0.1) is 0 Å². The van der Waals surface area contributed by atoms with Crippen LogP contribution in [0, 0.1) is 5.82 Å². The maximum atomic E-state index is 14.0. The van der Waals surface area contributed by atoms with E-state index < -0.39 is 0 Å². The summed E-state index contributed by atoms with van der Waals surface area (Å²) >= 11 is 3.46. The molecule has 106 valence electrons. The minimum absolute atomic E-state index is 0.0515. The highest BCUT2D eigenvalue weighted by Gasteiger charge is 2.23. The van der Waals surface area contributed by atoms with E-state index in [-0.39, 0.29) is 5.82 Å². The van der Waals surface area contributed by atoms with E-state index in [2.05, 4.69) is 28.2 Å². The van der Waals surface area contributed by atoms with Crippen LogP contribution in [-0.4, -0.2) is 12.6 Å². The quantitative estimate of drug-likeness (QED) is 0.767. The van der Waals surface area contributed by atoms with Gasteiger partial charge in [0.2, 0.25) is 0 Å². The van der Waals surface area contributed by atoms with E-state index in [1.54, 1.807) is 12.1 Å². The third kappa shape index (κ3) is 4.28. The average molecular weight is 328 g/mol. The molecule has 0 saturated heterocycles. The molecule has 0 spiro atoms. The molecule has 3 heteroatoms. The van der Waals surface area contributed by atoms with Crippen molar-refractivity contribution < 1.29 is 4.39 Å². The summed E-state index contributed by atoms with van der Waals surface area (Å²) in [5.74, 6) is 0.304. The van der Waals surface area contributed by atoms with E-state index in [1.807, 2.05) is 6.07 Å². The third-order valence-electron chi connectivity index (χ3n) is 4.01. The van der Waals surface area contributed by atoms with Gasteiger partial charge in [0.25, 0.3) is 0 Å². The van der Waals surface area contributed by atoms with Gasteiger partial charge in [0.1, 0.15) is 5.82 Å². The van der Waals surface area contributed by atoms with Crippen LogP contribution in [0.5, 0.6) is 0 Å². The summed E-state index contributed by atoms with van der Waals surface area (Å²) in [7, 11) is 0. The molecule has 0 amide bonds. The molecule has 2 unspecified atom stereocenters. The van der Waals surface area contributed by atoms with E-state index in [0.29, 0.717) is 12.0 Å². The summed E-state index contributed by atoms with van der Waals surface area (Å²) in [6.07, 6.45) is 7.03. The Bertz CT molecular complexity index is 408. The number of hydrogen-bond acceptors (Lipinski definition) is 1. The fraction of sp³-hybridized carbons (Fsp3) is 0.625. The van der Waals surface area contributed by atoms with E-state index in [1.165, 1.54) is 19.3 Å². The van der Waals surface area contributed by atoms with E-state index in [0.717, 1.165) is 35.8 Å². The lowest BCUT2D eigenvalue weighted by atomic mass is 9.90. The summed E-state index contributed by atoms with van der Waals surface area (Å²) < 4.78 is 15.0. The largest absolute Gasteiger partial charge is 0.314 e. The van der Waals surface area contributed by atoms with Gasteiger partial charge in [0.05, 0.1) is 0 Å². The Morgan fingerprint density at radius 1 is 1.32 bits per heavy atom. The predicted octanol–water partition coefficient (Wildman–Crippen LogP) is 5.00. The number of nitrogens with one attached hydrogen (secondary N) is 1. The van der Waals surface area contributed by atoms with Crippen molar-refractivity contribution >= 4 is 15.9 Å². The number of rotatable bonds is 4. The van der Waals surface area contributed by atoms with Crippen LogP contribution in [0.15, 0.2) is 22.7 Å². The zero-order chi connectivity index (χ0) is 13.7. The minimum Gasteiger partial charge on any atom is -0.314 e. The van der Waals surface area contributed by atoms with Crippen LogP contribution in [0.3, 0.4) is 0 Å². The van der Waals surface area contributed by atoms with Crippen molar-refractivity contribution in [2.45, 2.75) is 57.4 Å². The Morgan fingerprint density at radius 2 is 2.11 bits per heavy atom. The van der Waals surface area contributed by atoms with E-state index >= 15 is 0 Å². The van der Waals surface area contributed by atoms with E-state index in [9.17, 15) is 4.39 Å². The van der Waals surface area contributed by atoms with Crippen molar-refractivity contribution in [3.8, 4) is 0 Å². The molecule has 1 aliphatic carbocycles. The monoisotopic (exact) mass is 327 g/mol. The Kier molecular flexibility index (Phi) is 5.83. The lowest BCUT2D eigenvalue weighted by molar-refractivity contribution is 0.433. The first-order valence-corrected chi connectivity index (χ1v) is 8.18. The molecule has 1 fully saturated rings. The summed E-state index contributed by atoms with van der Waals surface area (Å²) in [5.41, 5.74) is 0.888. The van der Waals surface area contributed by atoms with Crippen LogP contribution in [0.1, 0.15) is 56.9 Å². The third-order valence-corrected chi connectivity index (χ3v) is 4.50. The molecule has 1 aliphatic rings. The van der Waals surface area contributed by atoms with Crippen LogP contribution in [0.25, 0.3) is 0 Å². The average Bonchev–Trinajstić information content (AvgIpc) is 2.64. The van der Waals surface area contributed by atoms with Gasteiger partial charge >= 0.3 is 0 Å². The first-order valence-electron chi connectivity index (χ1n) is 7.39. The van der Waals surface area contributed by atoms with Gasteiger partial charge in [-0.05, 0) is 61.9 Å². The molecule has 0 heterocycles. The van der Waals surface area contributed by atoms with Crippen molar-refractivity contribution in [3.63, 3.8) is 0 Å². The maximum absolute atomic E-state index is 14.0. The Balaban J connectivity index is 2.10. The molecule has 0 bridgehead atoms. The summed E-state index contributed by atoms with van der Waals surface area (Å²) in [5, 5.41) is 3.61. The number of halogens is 2. The van der Waals surface area contributed by atoms with Crippen LogP contribution >= 0.6 is 15.9 Å². The van der Waals surface area contributed by atoms with Gasteiger partial charge in [0, 0.05) is 10.5 Å². The molecule has 1 nitrogen and oxygen atoms in total. The predicted molar refractivity (Wildman–Crippen MR) is 82.0 cm³/mol. The Hall–Kier alpha value is -0.410. The molecule has 1 saturated carbocycles. The lowest BCUT2D eigenvalue weighted by Crippen LogP contribution is -2.30. The normalized spacial score (nSPS) is 24.2. The molecule has 1 aromatic carbocycles. The standard InChI is InChI=1S/C16H23BrFN/c1-2-9-19-14-6-4-3-5-12(10-14)15-11-13(17)7-8-16(15)18/h7-8,11-12,14,19H,2-6,9-10H2,1H3. The Morgan fingerprint density at radius 3 is 2.89 bits per heavy atom. The molecule has 0 aromatic heterocycles. The van der Waals surface area contributed by atoms with Crippen molar-refractivity contribution in [1.82, 2.24) is 5.32 Å². The second-order valence-electron chi connectivity index (χ2n) is 5.53. The maximum Gasteiger partial charge on any atom is 0.126 e. The summed E-state index contributed by atoms with van der Waals surface area (Å²) in [6, 6.07) is 5.87. The molecule has 0 aliphatic heterocycles.